The first-order chi connectivity index (χ1) is 9.69. The van der Waals surface area contributed by atoms with E-state index in [1.54, 1.807) is 0 Å². The Morgan fingerprint density at radius 2 is 1.75 bits per heavy atom. The average molecular weight is 361 g/mol. The predicted octanol–water partition coefficient (Wildman–Crippen LogP) is 6.50. The zero-order valence-corrected chi connectivity index (χ0v) is 15.1. The van der Waals surface area contributed by atoms with Crippen molar-refractivity contribution in [3.05, 3.63) is 33.3 Å². The summed E-state index contributed by atoms with van der Waals surface area (Å²) in [6, 6.07) is 6.66. The molecular formula is C17H27BrClN. The van der Waals surface area contributed by atoms with Crippen molar-refractivity contribution in [3.8, 4) is 0 Å². The molecule has 3 heteroatoms. The van der Waals surface area contributed by atoms with E-state index in [0.29, 0.717) is 6.04 Å². The normalized spacial score (nSPS) is 12.6. The number of hydrogen-bond donors (Lipinski definition) is 1. The summed E-state index contributed by atoms with van der Waals surface area (Å²) in [5.74, 6) is 0. The highest BCUT2D eigenvalue weighted by Gasteiger charge is 2.10. The van der Waals surface area contributed by atoms with Crippen LogP contribution < -0.4 is 5.32 Å². The summed E-state index contributed by atoms with van der Waals surface area (Å²) in [5.41, 5.74) is 1.28. The lowest BCUT2D eigenvalue weighted by atomic mass is 9.99. The van der Waals surface area contributed by atoms with Crippen LogP contribution in [0.5, 0.6) is 0 Å². The molecule has 20 heavy (non-hydrogen) atoms. The Morgan fingerprint density at radius 3 is 2.35 bits per heavy atom. The van der Waals surface area contributed by atoms with Crippen LogP contribution in [-0.4, -0.2) is 7.05 Å². The van der Waals surface area contributed by atoms with Crippen molar-refractivity contribution in [1.29, 1.82) is 0 Å². The van der Waals surface area contributed by atoms with Gasteiger partial charge in [0.1, 0.15) is 0 Å². The molecule has 1 N–H and O–H groups in total. The Kier molecular flexibility index (Phi) is 9.58. The van der Waals surface area contributed by atoms with E-state index in [1.165, 1.54) is 56.9 Å². The van der Waals surface area contributed by atoms with Crippen molar-refractivity contribution < 1.29 is 0 Å². The SMILES string of the molecule is CCCCCCCCCC(NC)c1ccc(Br)c(Cl)c1. The number of benzene rings is 1. The fourth-order valence-corrected chi connectivity index (χ4v) is 2.95. The molecule has 0 bridgehead atoms. The van der Waals surface area contributed by atoms with Crippen LogP contribution >= 0.6 is 27.5 Å². The van der Waals surface area contributed by atoms with Gasteiger partial charge in [-0.15, -0.1) is 0 Å². The quantitative estimate of drug-likeness (QED) is 0.469. The van der Waals surface area contributed by atoms with Crippen molar-refractivity contribution in [1.82, 2.24) is 5.32 Å². The largest absolute Gasteiger partial charge is 0.313 e. The van der Waals surface area contributed by atoms with E-state index in [2.05, 4.69) is 40.3 Å². The van der Waals surface area contributed by atoms with E-state index in [9.17, 15) is 0 Å². The van der Waals surface area contributed by atoms with Crippen LogP contribution in [0.4, 0.5) is 0 Å². The Labute approximate surface area is 137 Å². The molecule has 0 amide bonds. The van der Waals surface area contributed by atoms with Crippen LogP contribution in [0.15, 0.2) is 22.7 Å². The Bertz CT molecular complexity index is 381. The fourth-order valence-electron chi connectivity index (χ4n) is 2.51. The third-order valence-electron chi connectivity index (χ3n) is 3.79. The molecule has 1 nitrogen and oxygen atoms in total. The molecule has 1 unspecified atom stereocenters. The van der Waals surface area contributed by atoms with Crippen LogP contribution in [0.2, 0.25) is 5.02 Å². The van der Waals surface area contributed by atoms with Gasteiger partial charge in [0, 0.05) is 10.5 Å². The average Bonchev–Trinajstić information content (AvgIpc) is 2.45. The molecule has 0 radical (unpaired) electrons. The van der Waals surface area contributed by atoms with Gasteiger partial charge in [0.2, 0.25) is 0 Å². The summed E-state index contributed by atoms with van der Waals surface area (Å²) in [7, 11) is 2.03. The molecule has 0 fully saturated rings. The van der Waals surface area contributed by atoms with E-state index in [0.717, 1.165) is 9.50 Å². The number of nitrogens with one attached hydrogen (secondary N) is 1. The lowest BCUT2D eigenvalue weighted by molar-refractivity contribution is 0.496. The maximum Gasteiger partial charge on any atom is 0.0551 e. The molecule has 1 aromatic carbocycles. The number of unbranched alkanes of at least 4 members (excludes halogenated alkanes) is 6. The van der Waals surface area contributed by atoms with Gasteiger partial charge in [-0.2, -0.15) is 0 Å². The summed E-state index contributed by atoms with van der Waals surface area (Å²) in [4.78, 5) is 0. The number of halogens is 2. The smallest absolute Gasteiger partial charge is 0.0551 e. The van der Waals surface area contributed by atoms with Gasteiger partial charge in [0.05, 0.1) is 5.02 Å². The Morgan fingerprint density at radius 1 is 1.10 bits per heavy atom. The fraction of sp³-hybridized carbons (Fsp3) is 0.647. The van der Waals surface area contributed by atoms with Gasteiger partial charge in [-0.25, -0.2) is 0 Å². The second-order valence-electron chi connectivity index (χ2n) is 5.42. The molecule has 0 aromatic heterocycles. The zero-order valence-electron chi connectivity index (χ0n) is 12.7. The first kappa shape index (κ1) is 18.0. The summed E-state index contributed by atoms with van der Waals surface area (Å²) < 4.78 is 0.966. The van der Waals surface area contributed by atoms with Gasteiger partial charge in [-0.3, -0.25) is 0 Å². The molecule has 0 aliphatic rings. The number of rotatable bonds is 10. The van der Waals surface area contributed by atoms with Crippen LogP contribution in [0.25, 0.3) is 0 Å². The van der Waals surface area contributed by atoms with Crippen molar-refractivity contribution in [3.63, 3.8) is 0 Å². The molecule has 0 saturated carbocycles. The van der Waals surface area contributed by atoms with Crippen molar-refractivity contribution in [2.24, 2.45) is 0 Å². The minimum atomic E-state index is 0.413. The monoisotopic (exact) mass is 359 g/mol. The molecule has 0 aliphatic heterocycles. The second kappa shape index (κ2) is 10.6. The third-order valence-corrected chi connectivity index (χ3v) is 5.02. The summed E-state index contributed by atoms with van der Waals surface area (Å²) >= 11 is 9.61. The van der Waals surface area contributed by atoms with Gasteiger partial charge in [-0.1, -0.05) is 69.5 Å². The predicted molar refractivity (Wildman–Crippen MR) is 93.6 cm³/mol. The van der Waals surface area contributed by atoms with Gasteiger partial charge < -0.3 is 5.32 Å². The topological polar surface area (TPSA) is 12.0 Å². The zero-order chi connectivity index (χ0) is 14.8. The summed E-state index contributed by atoms with van der Waals surface area (Å²) in [6.45, 7) is 2.26. The van der Waals surface area contributed by atoms with Crippen molar-refractivity contribution in [2.45, 2.75) is 64.3 Å². The molecule has 0 saturated heterocycles. The van der Waals surface area contributed by atoms with E-state index < -0.39 is 0 Å². The van der Waals surface area contributed by atoms with Gasteiger partial charge in [0.15, 0.2) is 0 Å². The minimum absolute atomic E-state index is 0.413. The maximum atomic E-state index is 6.17. The van der Waals surface area contributed by atoms with Gasteiger partial charge in [0.25, 0.3) is 0 Å². The lowest BCUT2D eigenvalue weighted by Gasteiger charge is -2.17. The lowest BCUT2D eigenvalue weighted by Crippen LogP contribution is -2.16. The third kappa shape index (κ3) is 6.60. The van der Waals surface area contributed by atoms with Crippen LogP contribution in [0.1, 0.15) is 69.9 Å². The van der Waals surface area contributed by atoms with Gasteiger partial charge >= 0.3 is 0 Å². The Balaban J connectivity index is 2.30. The van der Waals surface area contributed by atoms with Gasteiger partial charge in [-0.05, 0) is 47.1 Å². The van der Waals surface area contributed by atoms with Crippen LogP contribution in [0.3, 0.4) is 0 Å². The van der Waals surface area contributed by atoms with Crippen LogP contribution in [-0.2, 0) is 0 Å². The van der Waals surface area contributed by atoms with E-state index in [1.807, 2.05) is 13.1 Å². The number of hydrogen-bond acceptors (Lipinski definition) is 1. The molecular weight excluding hydrogens is 334 g/mol. The highest BCUT2D eigenvalue weighted by atomic mass is 79.9. The standard InChI is InChI=1S/C17H27BrClN/c1-3-4-5-6-7-8-9-10-17(20-2)14-11-12-15(18)16(19)13-14/h11-13,17,20H,3-10H2,1-2H3. The first-order valence-corrected chi connectivity index (χ1v) is 8.98. The summed E-state index contributed by atoms with van der Waals surface area (Å²) in [5, 5.41) is 4.20. The molecule has 0 spiro atoms. The molecule has 114 valence electrons. The van der Waals surface area contributed by atoms with E-state index in [4.69, 9.17) is 11.6 Å². The highest BCUT2D eigenvalue weighted by Crippen LogP contribution is 2.28. The summed E-state index contributed by atoms with van der Waals surface area (Å²) in [6.07, 6.45) is 10.7. The van der Waals surface area contributed by atoms with E-state index >= 15 is 0 Å². The molecule has 0 heterocycles. The first-order valence-electron chi connectivity index (χ1n) is 7.81. The second-order valence-corrected chi connectivity index (χ2v) is 6.69. The molecule has 1 rings (SSSR count). The highest BCUT2D eigenvalue weighted by molar-refractivity contribution is 9.10. The Hall–Kier alpha value is -0.0500. The van der Waals surface area contributed by atoms with E-state index in [-0.39, 0.29) is 0 Å². The molecule has 0 aliphatic carbocycles. The maximum absolute atomic E-state index is 6.17. The molecule has 1 atom stereocenters. The minimum Gasteiger partial charge on any atom is -0.313 e. The van der Waals surface area contributed by atoms with Crippen molar-refractivity contribution in [2.75, 3.05) is 7.05 Å². The molecule has 1 aromatic rings. The van der Waals surface area contributed by atoms with Crippen LogP contribution in [0, 0.1) is 0 Å². The van der Waals surface area contributed by atoms with Crippen molar-refractivity contribution >= 4 is 27.5 Å².